The highest BCUT2D eigenvalue weighted by atomic mass is 16.5. The molecule has 0 aromatic heterocycles. The van der Waals surface area contributed by atoms with Crippen LogP contribution in [0.25, 0.3) is 0 Å². The van der Waals surface area contributed by atoms with Crippen LogP contribution in [-0.2, 0) is 14.3 Å². The molecule has 2 atom stereocenters. The Morgan fingerprint density at radius 1 is 1.53 bits per heavy atom. The van der Waals surface area contributed by atoms with E-state index in [1.54, 1.807) is 7.11 Å². The first kappa shape index (κ1) is 12.7. The first-order valence-corrected chi connectivity index (χ1v) is 5.87. The molecular formula is C12H22O3. The van der Waals surface area contributed by atoms with Crippen molar-refractivity contribution in [3.05, 3.63) is 0 Å². The van der Waals surface area contributed by atoms with Crippen LogP contribution in [0.5, 0.6) is 0 Å². The highest BCUT2D eigenvalue weighted by Gasteiger charge is 2.20. The van der Waals surface area contributed by atoms with Gasteiger partial charge in [0.15, 0.2) is 0 Å². The van der Waals surface area contributed by atoms with Gasteiger partial charge in [-0.05, 0) is 25.7 Å². The molecule has 1 saturated heterocycles. The van der Waals surface area contributed by atoms with Gasteiger partial charge in [-0.1, -0.05) is 6.92 Å². The van der Waals surface area contributed by atoms with Crippen LogP contribution in [-0.4, -0.2) is 32.2 Å². The fourth-order valence-electron chi connectivity index (χ4n) is 1.85. The molecule has 1 aliphatic heterocycles. The third-order valence-corrected chi connectivity index (χ3v) is 3.01. The van der Waals surface area contributed by atoms with Crippen molar-refractivity contribution >= 4 is 5.78 Å². The number of rotatable bonds is 6. The minimum absolute atomic E-state index is 0.107. The minimum atomic E-state index is 0.107. The Labute approximate surface area is 92.1 Å². The molecule has 0 amide bonds. The molecule has 0 bridgehead atoms. The van der Waals surface area contributed by atoms with Gasteiger partial charge in [-0.3, -0.25) is 4.79 Å². The fraction of sp³-hybridized carbons (Fsp3) is 0.917. The molecule has 0 spiro atoms. The third kappa shape index (κ3) is 4.76. The average molecular weight is 214 g/mol. The van der Waals surface area contributed by atoms with Gasteiger partial charge in [-0.25, -0.2) is 0 Å². The zero-order valence-corrected chi connectivity index (χ0v) is 9.83. The molecule has 0 aromatic rings. The number of carbonyl (C=O) groups excluding carboxylic acids is 1. The second kappa shape index (κ2) is 6.96. The van der Waals surface area contributed by atoms with Crippen LogP contribution in [0.15, 0.2) is 0 Å². The Hall–Kier alpha value is -0.410. The molecule has 15 heavy (non-hydrogen) atoms. The van der Waals surface area contributed by atoms with Crippen LogP contribution in [0.4, 0.5) is 0 Å². The Balaban J connectivity index is 2.20. The average Bonchev–Trinajstić information content (AvgIpc) is 2.27. The molecule has 0 saturated carbocycles. The van der Waals surface area contributed by atoms with Gasteiger partial charge in [0.05, 0.1) is 6.10 Å². The van der Waals surface area contributed by atoms with E-state index in [1.807, 2.05) is 6.92 Å². The number of ketones is 1. The van der Waals surface area contributed by atoms with Crippen LogP contribution in [0.1, 0.15) is 39.0 Å². The van der Waals surface area contributed by atoms with Gasteiger partial charge in [0, 0.05) is 32.7 Å². The zero-order valence-electron chi connectivity index (χ0n) is 9.83. The van der Waals surface area contributed by atoms with Gasteiger partial charge >= 0.3 is 0 Å². The maximum atomic E-state index is 11.8. The van der Waals surface area contributed by atoms with Crippen LogP contribution in [0.2, 0.25) is 0 Å². The van der Waals surface area contributed by atoms with Crippen molar-refractivity contribution in [1.29, 1.82) is 0 Å². The predicted molar refractivity (Wildman–Crippen MR) is 58.9 cm³/mol. The van der Waals surface area contributed by atoms with Crippen molar-refractivity contribution in [3.63, 3.8) is 0 Å². The van der Waals surface area contributed by atoms with Gasteiger partial charge in [0.1, 0.15) is 5.78 Å². The lowest BCUT2D eigenvalue weighted by Crippen LogP contribution is -2.25. The van der Waals surface area contributed by atoms with E-state index in [2.05, 4.69) is 0 Å². The molecule has 0 radical (unpaired) electrons. The maximum absolute atomic E-state index is 11.8. The summed E-state index contributed by atoms with van der Waals surface area (Å²) < 4.78 is 10.5. The molecule has 3 heteroatoms. The Morgan fingerprint density at radius 3 is 2.93 bits per heavy atom. The lowest BCUT2D eigenvalue weighted by atomic mass is 9.95. The van der Waals surface area contributed by atoms with Gasteiger partial charge in [0.25, 0.3) is 0 Å². The molecule has 1 aliphatic rings. The van der Waals surface area contributed by atoms with Gasteiger partial charge < -0.3 is 9.47 Å². The zero-order chi connectivity index (χ0) is 11.1. The van der Waals surface area contributed by atoms with Crippen LogP contribution in [0, 0.1) is 5.92 Å². The van der Waals surface area contributed by atoms with Crippen molar-refractivity contribution in [2.75, 3.05) is 20.3 Å². The Morgan fingerprint density at radius 2 is 2.33 bits per heavy atom. The lowest BCUT2D eigenvalue weighted by molar-refractivity contribution is -0.126. The summed E-state index contributed by atoms with van der Waals surface area (Å²) in [6, 6.07) is 0. The molecule has 0 aliphatic carbocycles. The first-order valence-electron chi connectivity index (χ1n) is 5.87. The maximum Gasteiger partial charge on any atom is 0.138 e. The third-order valence-electron chi connectivity index (χ3n) is 3.01. The monoisotopic (exact) mass is 214 g/mol. The largest absolute Gasteiger partial charge is 0.385 e. The summed E-state index contributed by atoms with van der Waals surface area (Å²) in [5, 5.41) is 0. The molecule has 0 aromatic carbocycles. The second-order valence-electron chi connectivity index (χ2n) is 4.34. The molecule has 1 fully saturated rings. The molecule has 3 nitrogen and oxygen atoms in total. The molecule has 1 rings (SSSR count). The SMILES string of the molecule is COCCC(C)C(=O)CC1CCCCO1. The van der Waals surface area contributed by atoms with Crippen molar-refractivity contribution in [2.24, 2.45) is 5.92 Å². The highest BCUT2D eigenvalue weighted by Crippen LogP contribution is 2.18. The molecule has 1 heterocycles. The van der Waals surface area contributed by atoms with Gasteiger partial charge in [0.2, 0.25) is 0 Å². The van der Waals surface area contributed by atoms with E-state index < -0.39 is 0 Å². The van der Waals surface area contributed by atoms with E-state index in [1.165, 1.54) is 6.42 Å². The van der Waals surface area contributed by atoms with E-state index in [0.29, 0.717) is 18.8 Å². The quantitative estimate of drug-likeness (QED) is 0.680. The van der Waals surface area contributed by atoms with E-state index in [4.69, 9.17) is 9.47 Å². The summed E-state index contributed by atoms with van der Waals surface area (Å²) in [7, 11) is 1.67. The number of carbonyl (C=O) groups is 1. The highest BCUT2D eigenvalue weighted by molar-refractivity contribution is 5.81. The fourth-order valence-corrected chi connectivity index (χ4v) is 1.85. The summed E-state index contributed by atoms with van der Waals surface area (Å²) >= 11 is 0. The Kier molecular flexibility index (Phi) is 5.88. The van der Waals surface area contributed by atoms with E-state index in [0.717, 1.165) is 25.9 Å². The van der Waals surface area contributed by atoms with Crippen LogP contribution < -0.4 is 0 Å². The van der Waals surface area contributed by atoms with Gasteiger partial charge in [-0.15, -0.1) is 0 Å². The molecule has 88 valence electrons. The summed E-state index contributed by atoms with van der Waals surface area (Å²) in [6.07, 6.45) is 4.97. The van der Waals surface area contributed by atoms with Crippen molar-refractivity contribution in [2.45, 2.75) is 45.1 Å². The number of Topliss-reactive ketones (excluding diaryl/α,β-unsaturated/α-hetero) is 1. The smallest absolute Gasteiger partial charge is 0.138 e. The summed E-state index contributed by atoms with van der Waals surface area (Å²) in [5.74, 6) is 0.425. The summed E-state index contributed by atoms with van der Waals surface area (Å²) in [5.41, 5.74) is 0. The predicted octanol–water partition coefficient (Wildman–Crippen LogP) is 2.19. The Bertz CT molecular complexity index is 185. The standard InChI is InChI=1S/C12H22O3/c1-10(6-8-14-2)12(13)9-11-5-3-4-7-15-11/h10-11H,3-9H2,1-2H3. The van der Waals surface area contributed by atoms with Gasteiger partial charge in [-0.2, -0.15) is 0 Å². The first-order chi connectivity index (χ1) is 7.24. The van der Waals surface area contributed by atoms with E-state index in [9.17, 15) is 4.79 Å². The van der Waals surface area contributed by atoms with Crippen molar-refractivity contribution in [1.82, 2.24) is 0 Å². The molecule has 0 N–H and O–H groups in total. The number of methoxy groups -OCH3 is 1. The minimum Gasteiger partial charge on any atom is -0.385 e. The van der Waals surface area contributed by atoms with Crippen molar-refractivity contribution in [3.8, 4) is 0 Å². The number of hydrogen-bond donors (Lipinski definition) is 0. The topological polar surface area (TPSA) is 35.5 Å². The lowest BCUT2D eigenvalue weighted by Gasteiger charge is -2.23. The number of hydrogen-bond acceptors (Lipinski definition) is 3. The summed E-state index contributed by atoms with van der Waals surface area (Å²) in [6.45, 7) is 3.47. The summed E-state index contributed by atoms with van der Waals surface area (Å²) in [4.78, 5) is 11.8. The molecular weight excluding hydrogens is 192 g/mol. The van der Waals surface area contributed by atoms with Crippen LogP contribution >= 0.6 is 0 Å². The second-order valence-corrected chi connectivity index (χ2v) is 4.34. The van der Waals surface area contributed by atoms with Crippen LogP contribution in [0.3, 0.4) is 0 Å². The van der Waals surface area contributed by atoms with E-state index in [-0.39, 0.29) is 12.0 Å². The van der Waals surface area contributed by atoms with Crippen molar-refractivity contribution < 1.29 is 14.3 Å². The number of ether oxygens (including phenoxy) is 2. The van der Waals surface area contributed by atoms with E-state index >= 15 is 0 Å². The molecule has 2 unspecified atom stereocenters. The normalized spacial score (nSPS) is 23.7.